The van der Waals surface area contributed by atoms with Crippen LogP contribution in [-0.2, 0) is 9.53 Å². The van der Waals surface area contributed by atoms with E-state index in [0.717, 1.165) is 25.6 Å². The maximum Gasteiger partial charge on any atom is 0.239 e. The molecule has 0 saturated carbocycles. The molecule has 2 unspecified atom stereocenters. The molecular weight excluding hydrogens is 236 g/mol. The molecule has 1 amide bonds. The van der Waals surface area contributed by atoms with Crippen molar-refractivity contribution in [3.05, 3.63) is 0 Å². The Bertz CT molecular complexity index is 251. The number of ether oxygens (including phenoxy) is 1. The molecule has 5 heteroatoms. The lowest BCUT2D eigenvalue weighted by Crippen LogP contribution is -2.49. The molecule has 0 aliphatic carbocycles. The van der Waals surface area contributed by atoms with Crippen molar-refractivity contribution in [3.63, 3.8) is 0 Å². The maximum atomic E-state index is 12.1. The van der Waals surface area contributed by atoms with E-state index in [1.54, 1.807) is 0 Å². The normalized spacial score (nSPS) is 27.1. The SMILES string of the molecule is CC(NCC1CCSC1)C(=O)N1CCOCC1. The molecule has 0 aromatic carbocycles. The standard InChI is InChI=1S/C12H22N2O2S/c1-10(13-8-11-2-7-17-9-11)12(15)14-3-5-16-6-4-14/h10-11,13H,2-9H2,1H3. The molecule has 2 aliphatic heterocycles. The highest BCUT2D eigenvalue weighted by molar-refractivity contribution is 7.99. The number of morpholine rings is 1. The Labute approximate surface area is 107 Å². The van der Waals surface area contributed by atoms with Gasteiger partial charge in [0, 0.05) is 13.1 Å². The van der Waals surface area contributed by atoms with Gasteiger partial charge >= 0.3 is 0 Å². The van der Waals surface area contributed by atoms with E-state index in [-0.39, 0.29) is 11.9 Å². The Morgan fingerprint density at radius 1 is 1.53 bits per heavy atom. The van der Waals surface area contributed by atoms with E-state index < -0.39 is 0 Å². The van der Waals surface area contributed by atoms with Crippen LogP contribution in [0.5, 0.6) is 0 Å². The zero-order valence-corrected chi connectivity index (χ0v) is 11.3. The quantitative estimate of drug-likeness (QED) is 0.801. The second-order valence-corrected chi connectivity index (χ2v) is 5.95. The predicted octanol–water partition coefficient (Wildman–Crippen LogP) is 0.576. The average molecular weight is 258 g/mol. The third kappa shape index (κ3) is 3.86. The lowest BCUT2D eigenvalue weighted by atomic mass is 10.1. The van der Waals surface area contributed by atoms with Gasteiger partial charge in [-0.2, -0.15) is 11.8 Å². The number of nitrogens with one attached hydrogen (secondary N) is 1. The number of thioether (sulfide) groups is 1. The monoisotopic (exact) mass is 258 g/mol. The van der Waals surface area contributed by atoms with Crippen LogP contribution in [0.2, 0.25) is 0 Å². The first-order valence-corrected chi connectivity index (χ1v) is 7.60. The van der Waals surface area contributed by atoms with Crippen molar-refractivity contribution in [3.8, 4) is 0 Å². The predicted molar refractivity (Wildman–Crippen MR) is 70.3 cm³/mol. The van der Waals surface area contributed by atoms with E-state index in [2.05, 4.69) is 5.32 Å². The molecule has 0 aromatic rings. The molecule has 2 saturated heterocycles. The molecule has 1 N–H and O–H groups in total. The van der Waals surface area contributed by atoms with Crippen molar-refractivity contribution in [2.24, 2.45) is 5.92 Å². The molecule has 17 heavy (non-hydrogen) atoms. The highest BCUT2D eigenvalue weighted by Crippen LogP contribution is 2.22. The molecule has 0 aromatic heterocycles. The first-order chi connectivity index (χ1) is 8.27. The van der Waals surface area contributed by atoms with Crippen molar-refractivity contribution >= 4 is 17.7 Å². The fourth-order valence-corrected chi connectivity index (χ4v) is 3.52. The highest BCUT2D eigenvalue weighted by Gasteiger charge is 2.23. The molecule has 2 aliphatic rings. The third-order valence-electron chi connectivity index (χ3n) is 3.43. The minimum atomic E-state index is -0.0568. The molecule has 98 valence electrons. The van der Waals surface area contributed by atoms with Crippen LogP contribution in [0.3, 0.4) is 0 Å². The van der Waals surface area contributed by atoms with Gasteiger partial charge in [-0.25, -0.2) is 0 Å². The zero-order chi connectivity index (χ0) is 12.1. The number of hydrogen-bond acceptors (Lipinski definition) is 4. The van der Waals surface area contributed by atoms with Crippen LogP contribution in [0, 0.1) is 5.92 Å². The molecule has 2 fully saturated rings. The topological polar surface area (TPSA) is 41.6 Å². The Balaban J connectivity index is 1.70. The van der Waals surface area contributed by atoms with Crippen LogP contribution in [0.1, 0.15) is 13.3 Å². The maximum absolute atomic E-state index is 12.1. The summed E-state index contributed by atoms with van der Waals surface area (Å²) < 4.78 is 5.25. The Hall–Kier alpha value is -0.260. The Morgan fingerprint density at radius 3 is 2.94 bits per heavy atom. The third-order valence-corrected chi connectivity index (χ3v) is 4.66. The van der Waals surface area contributed by atoms with Gasteiger partial charge in [-0.1, -0.05) is 0 Å². The smallest absolute Gasteiger partial charge is 0.239 e. The van der Waals surface area contributed by atoms with Gasteiger partial charge < -0.3 is 15.0 Å². The van der Waals surface area contributed by atoms with E-state index >= 15 is 0 Å². The summed E-state index contributed by atoms with van der Waals surface area (Å²) in [5, 5.41) is 3.38. The second-order valence-electron chi connectivity index (χ2n) is 4.80. The summed E-state index contributed by atoms with van der Waals surface area (Å²) in [5.74, 6) is 3.49. The Kier molecular flexibility index (Phi) is 5.13. The van der Waals surface area contributed by atoms with E-state index in [4.69, 9.17) is 4.74 Å². The number of rotatable bonds is 4. The molecule has 0 spiro atoms. The van der Waals surface area contributed by atoms with Crippen molar-refractivity contribution < 1.29 is 9.53 Å². The summed E-state index contributed by atoms with van der Waals surface area (Å²) in [4.78, 5) is 14.0. The van der Waals surface area contributed by atoms with Crippen molar-refractivity contribution in [1.29, 1.82) is 0 Å². The van der Waals surface area contributed by atoms with Crippen LogP contribution in [0.4, 0.5) is 0 Å². The summed E-state index contributed by atoms with van der Waals surface area (Å²) in [7, 11) is 0. The van der Waals surface area contributed by atoms with Gasteiger partial charge in [0.1, 0.15) is 0 Å². The van der Waals surface area contributed by atoms with Crippen LogP contribution in [0.15, 0.2) is 0 Å². The lowest BCUT2D eigenvalue weighted by Gasteiger charge is -2.29. The molecule has 0 bridgehead atoms. The van der Waals surface area contributed by atoms with Crippen LogP contribution < -0.4 is 5.32 Å². The van der Waals surface area contributed by atoms with Crippen molar-refractivity contribution in [2.45, 2.75) is 19.4 Å². The van der Waals surface area contributed by atoms with Gasteiger partial charge in [0.15, 0.2) is 0 Å². The van der Waals surface area contributed by atoms with Gasteiger partial charge in [0.25, 0.3) is 0 Å². The minimum Gasteiger partial charge on any atom is -0.378 e. The number of carbonyl (C=O) groups excluding carboxylic acids is 1. The Morgan fingerprint density at radius 2 is 2.29 bits per heavy atom. The summed E-state index contributed by atoms with van der Waals surface area (Å²) in [6.45, 7) is 5.79. The van der Waals surface area contributed by atoms with Gasteiger partial charge in [0.2, 0.25) is 5.91 Å². The fraction of sp³-hybridized carbons (Fsp3) is 0.917. The molecular formula is C12H22N2O2S. The van der Waals surface area contributed by atoms with Gasteiger partial charge in [-0.15, -0.1) is 0 Å². The average Bonchev–Trinajstić information content (AvgIpc) is 2.89. The summed E-state index contributed by atoms with van der Waals surface area (Å²) in [6, 6.07) is -0.0568. The summed E-state index contributed by atoms with van der Waals surface area (Å²) >= 11 is 2.02. The van der Waals surface area contributed by atoms with Crippen molar-refractivity contribution in [2.75, 3.05) is 44.4 Å². The van der Waals surface area contributed by atoms with E-state index in [9.17, 15) is 4.79 Å². The summed E-state index contributed by atoms with van der Waals surface area (Å²) in [5.41, 5.74) is 0. The zero-order valence-electron chi connectivity index (χ0n) is 10.5. The van der Waals surface area contributed by atoms with E-state index in [1.807, 2.05) is 23.6 Å². The summed E-state index contributed by atoms with van der Waals surface area (Å²) in [6.07, 6.45) is 1.29. The lowest BCUT2D eigenvalue weighted by molar-refractivity contribution is -0.137. The molecule has 2 atom stereocenters. The first kappa shape index (κ1) is 13.2. The molecule has 4 nitrogen and oxygen atoms in total. The molecule has 2 rings (SSSR count). The van der Waals surface area contributed by atoms with Gasteiger partial charge in [0.05, 0.1) is 19.3 Å². The molecule has 0 radical (unpaired) electrons. The van der Waals surface area contributed by atoms with Gasteiger partial charge in [-0.3, -0.25) is 4.79 Å². The van der Waals surface area contributed by atoms with Crippen LogP contribution >= 0.6 is 11.8 Å². The number of hydrogen-bond donors (Lipinski definition) is 1. The first-order valence-electron chi connectivity index (χ1n) is 6.45. The second kappa shape index (κ2) is 6.61. The van der Waals surface area contributed by atoms with Crippen molar-refractivity contribution in [1.82, 2.24) is 10.2 Å². The van der Waals surface area contributed by atoms with Gasteiger partial charge in [-0.05, 0) is 37.3 Å². The highest BCUT2D eigenvalue weighted by atomic mass is 32.2. The molecule has 2 heterocycles. The van der Waals surface area contributed by atoms with Crippen LogP contribution in [0.25, 0.3) is 0 Å². The largest absolute Gasteiger partial charge is 0.378 e. The number of nitrogens with zero attached hydrogens (tertiary/aromatic N) is 1. The van der Waals surface area contributed by atoms with E-state index in [0.29, 0.717) is 13.2 Å². The van der Waals surface area contributed by atoms with E-state index in [1.165, 1.54) is 17.9 Å². The number of amides is 1. The minimum absolute atomic E-state index is 0.0568. The fourth-order valence-electron chi connectivity index (χ4n) is 2.23. The van der Waals surface area contributed by atoms with Crippen LogP contribution in [-0.4, -0.2) is 61.2 Å². The number of carbonyl (C=O) groups is 1.